The average Bonchev–Trinajstić information content (AvgIpc) is 3.28. The van der Waals surface area contributed by atoms with Gasteiger partial charge < -0.3 is 20.1 Å². The van der Waals surface area contributed by atoms with Crippen molar-refractivity contribution in [2.45, 2.75) is 58.0 Å². The third-order valence-corrected chi connectivity index (χ3v) is 6.59. The minimum Gasteiger partial charge on any atom is -0.357 e. The molecule has 1 aliphatic carbocycles. The Morgan fingerprint density at radius 2 is 1.83 bits per heavy atom. The predicted octanol–water partition coefficient (Wildman–Crippen LogP) is 2.37. The number of aromatic nitrogens is 3. The largest absolute Gasteiger partial charge is 0.357 e. The van der Waals surface area contributed by atoms with Crippen molar-refractivity contribution in [3.05, 3.63) is 12.7 Å². The zero-order valence-electron chi connectivity index (χ0n) is 18.0. The number of hydrogen-bond donors (Lipinski definition) is 2. The maximum absolute atomic E-state index is 12.7. The molecule has 0 bridgehead atoms. The molecule has 10 heteroatoms. The van der Waals surface area contributed by atoms with Gasteiger partial charge in [-0.05, 0) is 45.4 Å². The monoisotopic (exact) mass is 549 g/mol. The summed E-state index contributed by atoms with van der Waals surface area (Å²) in [4.78, 5) is 19.5. The highest BCUT2D eigenvalue weighted by molar-refractivity contribution is 14.0. The lowest BCUT2D eigenvalue weighted by atomic mass is 9.85. The summed E-state index contributed by atoms with van der Waals surface area (Å²) in [7, 11) is 0. The summed E-state index contributed by atoms with van der Waals surface area (Å²) in [6.45, 7) is 6.54. The van der Waals surface area contributed by atoms with Gasteiger partial charge in [0.05, 0.1) is 0 Å². The Morgan fingerprint density at radius 1 is 1.13 bits per heavy atom. The number of guanidine groups is 1. The molecule has 0 atom stereocenters. The Balaban J connectivity index is 0.00000320. The van der Waals surface area contributed by atoms with Gasteiger partial charge in [-0.1, -0.05) is 0 Å². The van der Waals surface area contributed by atoms with Crippen molar-refractivity contribution in [3.63, 3.8) is 0 Å². The van der Waals surface area contributed by atoms with Gasteiger partial charge in [0.1, 0.15) is 12.7 Å². The van der Waals surface area contributed by atoms with Crippen LogP contribution in [0.3, 0.4) is 0 Å². The zero-order valence-corrected chi connectivity index (χ0v) is 21.1. The van der Waals surface area contributed by atoms with Crippen molar-refractivity contribution in [1.29, 1.82) is 0 Å². The Kier molecular flexibility index (Phi) is 11.9. The Bertz CT molecular complexity index is 629. The van der Waals surface area contributed by atoms with E-state index in [-0.39, 0.29) is 29.9 Å². The lowest BCUT2D eigenvalue weighted by Gasteiger charge is -2.34. The van der Waals surface area contributed by atoms with Gasteiger partial charge in [-0.2, -0.15) is 11.8 Å². The second-order valence-electron chi connectivity index (χ2n) is 7.80. The maximum atomic E-state index is 12.7. The van der Waals surface area contributed by atoms with E-state index >= 15 is 0 Å². The fourth-order valence-electron chi connectivity index (χ4n) is 3.97. The van der Waals surface area contributed by atoms with Gasteiger partial charge in [-0.15, -0.1) is 34.2 Å². The van der Waals surface area contributed by atoms with Crippen LogP contribution in [-0.2, 0) is 11.3 Å². The molecular weight excluding hydrogens is 513 g/mol. The van der Waals surface area contributed by atoms with Crippen molar-refractivity contribution < 1.29 is 4.79 Å². The van der Waals surface area contributed by atoms with Gasteiger partial charge in [0, 0.05) is 56.2 Å². The van der Waals surface area contributed by atoms with Crippen LogP contribution < -0.4 is 10.6 Å². The minimum atomic E-state index is 0. The highest BCUT2D eigenvalue weighted by atomic mass is 127. The molecule has 1 aromatic heterocycles. The van der Waals surface area contributed by atoms with E-state index in [4.69, 9.17) is 4.99 Å². The van der Waals surface area contributed by atoms with Crippen LogP contribution in [0.2, 0.25) is 0 Å². The molecule has 3 rings (SSSR count). The highest BCUT2D eigenvalue weighted by Gasteiger charge is 2.30. The van der Waals surface area contributed by atoms with Gasteiger partial charge >= 0.3 is 0 Å². The summed E-state index contributed by atoms with van der Waals surface area (Å²) in [5, 5.41) is 14.6. The van der Waals surface area contributed by atoms with Crippen LogP contribution in [0.1, 0.15) is 45.4 Å². The molecule has 0 unspecified atom stereocenters. The van der Waals surface area contributed by atoms with Crippen LogP contribution in [0, 0.1) is 5.92 Å². The Morgan fingerprint density at radius 3 is 2.50 bits per heavy atom. The SMILES string of the molecule is CCNC(=NCCCCn1cnnc1)NC1CCC(C(=O)N2CCSCC2)CC1.I. The van der Waals surface area contributed by atoms with Crippen LogP contribution in [-0.4, -0.2) is 75.3 Å². The molecular formula is C20H36IN7OS. The molecule has 1 aromatic rings. The number of hydrogen-bond acceptors (Lipinski definition) is 5. The fourth-order valence-corrected chi connectivity index (χ4v) is 4.88. The summed E-state index contributed by atoms with van der Waals surface area (Å²) in [5.74, 6) is 3.68. The van der Waals surface area contributed by atoms with E-state index in [2.05, 4.69) is 32.7 Å². The fraction of sp³-hybridized carbons (Fsp3) is 0.800. The van der Waals surface area contributed by atoms with E-state index in [0.29, 0.717) is 11.9 Å². The van der Waals surface area contributed by atoms with Gasteiger partial charge in [-0.25, -0.2) is 0 Å². The Hall–Kier alpha value is -1.04. The first-order valence-corrected chi connectivity index (χ1v) is 12.2. The van der Waals surface area contributed by atoms with Crippen molar-refractivity contribution >= 4 is 47.6 Å². The van der Waals surface area contributed by atoms with Crippen LogP contribution in [0.5, 0.6) is 0 Å². The smallest absolute Gasteiger partial charge is 0.225 e. The molecule has 1 amide bonds. The van der Waals surface area contributed by atoms with Crippen molar-refractivity contribution in [1.82, 2.24) is 30.3 Å². The summed E-state index contributed by atoms with van der Waals surface area (Å²) in [6.07, 6.45) is 9.64. The van der Waals surface area contributed by atoms with E-state index in [1.54, 1.807) is 12.7 Å². The maximum Gasteiger partial charge on any atom is 0.225 e. The van der Waals surface area contributed by atoms with E-state index < -0.39 is 0 Å². The van der Waals surface area contributed by atoms with Gasteiger partial charge in [0.15, 0.2) is 5.96 Å². The minimum absolute atomic E-state index is 0. The molecule has 0 aromatic carbocycles. The molecule has 2 heterocycles. The number of aliphatic imine (C=N–C) groups is 1. The number of rotatable bonds is 8. The first-order valence-electron chi connectivity index (χ1n) is 11.0. The second kappa shape index (κ2) is 14.1. The number of thioether (sulfide) groups is 1. The van der Waals surface area contributed by atoms with Crippen molar-refractivity contribution in [2.24, 2.45) is 10.9 Å². The third-order valence-electron chi connectivity index (χ3n) is 5.65. The summed E-state index contributed by atoms with van der Waals surface area (Å²) in [6, 6.07) is 0.408. The summed E-state index contributed by atoms with van der Waals surface area (Å²) < 4.78 is 2.00. The third kappa shape index (κ3) is 8.24. The molecule has 8 nitrogen and oxygen atoms in total. The van der Waals surface area contributed by atoms with E-state index in [0.717, 1.165) is 88.7 Å². The molecule has 1 saturated carbocycles. The number of halogens is 1. The zero-order chi connectivity index (χ0) is 20.3. The number of amides is 1. The molecule has 170 valence electrons. The molecule has 0 radical (unpaired) electrons. The number of aryl methyl sites for hydroxylation is 1. The molecule has 30 heavy (non-hydrogen) atoms. The number of unbranched alkanes of at least 4 members (excludes halogenated alkanes) is 1. The summed E-state index contributed by atoms with van der Waals surface area (Å²) in [5.41, 5.74) is 0. The average molecular weight is 550 g/mol. The molecule has 1 saturated heterocycles. The van der Waals surface area contributed by atoms with Gasteiger partial charge in [0.25, 0.3) is 0 Å². The van der Waals surface area contributed by atoms with E-state index in [1.165, 1.54) is 0 Å². The number of nitrogens with one attached hydrogen (secondary N) is 2. The highest BCUT2D eigenvalue weighted by Crippen LogP contribution is 2.27. The van der Waals surface area contributed by atoms with Gasteiger partial charge in [0.2, 0.25) is 5.91 Å². The standard InChI is InChI=1S/C20H35N7OS.HI/c1-2-21-20(22-9-3-4-10-26-15-23-24-16-26)25-18-7-5-17(6-8-18)19(28)27-11-13-29-14-12-27;/h15-18H,2-14H2,1H3,(H2,21,22,25);1H. The summed E-state index contributed by atoms with van der Waals surface area (Å²) >= 11 is 1.95. The van der Waals surface area contributed by atoms with Crippen LogP contribution in [0.4, 0.5) is 0 Å². The van der Waals surface area contributed by atoms with E-state index in [1.807, 2.05) is 16.3 Å². The van der Waals surface area contributed by atoms with Crippen molar-refractivity contribution in [3.8, 4) is 0 Å². The number of nitrogens with zero attached hydrogens (tertiary/aromatic N) is 5. The topological polar surface area (TPSA) is 87.4 Å². The lowest BCUT2D eigenvalue weighted by molar-refractivity contribution is -0.136. The molecule has 2 N–H and O–H groups in total. The predicted molar refractivity (Wildman–Crippen MR) is 133 cm³/mol. The van der Waals surface area contributed by atoms with Crippen LogP contribution >= 0.6 is 35.7 Å². The van der Waals surface area contributed by atoms with Crippen LogP contribution in [0.25, 0.3) is 0 Å². The van der Waals surface area contributed by atoms with Crippen LogP contribution in [0.15, 0.2) is 17.6 Å². The number of carbonyl (C=O) groups is 1. The molecule has 2 aliphatic rings. The first-order chi connectivity index (χ1) is 14.3. The van der Waals surface area contributed by atoms with Gasteiger partial charge in [-0.3, -0.25) is 9.79 Å². The Labute approximate surface area is 201 Å². The molecule has 2 fully saturated rings. The van der Waals surface area contributed by atoms with Crippen molar-refractivity contribution in [2.75, 3.05) is 37.7 Å². The van der Waals surface area contributed by atoms with E-state index in [9.17, 15) is 4.79 Å². The quantitative estimate of drug-likeness (QED) is 0.224. The normalized spacial score (nSPS) is 22.3. The lowest BCUT2D eigenvalue weighted by Crippen LogP contribution is -2.47. The second-order valence-corrected chi connectivity index (χ2v) is 9.02. The molecule has 0 spiro atoms. The molecule has 1 aliphatic heterocycles. The number of carbonyl (C=O) groups excluding carboxylic acids is 1. The first kappa shape index (κ1) is 25.2.